The lowest BCUT2D eigenvalue weighted by Gasteiger charge is -2.28. The summed E-state index contributed by atoms with van der Waals surface area (Å²) < 4.78 is 5.04. The molecule has 1 aromatic heterocycles. The van der Waals surface area contributed by atoms with Gasteiger partial charge in [0.05, 0.1) is 12.5 Å². The molecule has 1 aromatic rings. The number of alkyl halides is 1. The van der Waals surface area contributed by atoms with E-state index in [0.29, 0.717) is 5.41 Å². The summed E-state index contributed by atoms with van der Waals surface area (Å²) in [7, 11) is 2.14. The number of halogens is 1. The van der Waals surface area contributed by atoms with Crippen molar-refractivity contribution < 1.29 is 4.42 Å². The van der Waals surface area contributed by atoms with Crippen LogP contribution in [0.4, 0.5) is 0 Å². The molecule has 0 aliphatic heterocycles. The molecule has 0 N–H and O–H groups in total. The molecule has 0 spiro atoms. The molecule has 0 aliphatic rings. The number of hydrogen-bond donors (Lipinski definition) is 0. The molecule has 0 fully saturated rings. The van der Waals surface area contributed by atoms with E-state index in [1.54, 1.807) is 12.5 Å². The number of nitrogens with zero attached hydrogens (tertiary/aromatic N) is 1. The van der Waals surface area contributed by atoms with Gasteiger partial charge in [-0.15, -0.1) is 0 Å². The van der Waals surface area contributed by atoms with E-state index in [2.05, 4.69) is 41.7 Å². The third kappa shape index (κ3) is 3.84. The predicted molar refractivity (Wildman–Crippen MR) is 62.6 cm³/mol. The minimum Gasteiger partial charge on any atom is -0.472 e. The van der Waals surface area contributed by atoms with Crippen molar-refractivity contribution in [2.75, 3.05) is 18.9 Å². The maximum Gasteiger partial charge on any atom is 0.0947 e. The average Bonchev–Trinajstić information content (AvgIpc) is 2.55. The van der Waals surface area contributed by atoms with Crippen LogP contribution in [0.5, 0.6) is 0 Å². The van der Waals surface area contributed by atoms with E-state index in [1.165, 1.54) is 5.56 Å². The Morgan fingerprint density at radius 2 is 2.21 bits per heavy atom. The van der Waals surface area contributed by atoms with E-state index in [1.807, 2.05) is 6.07 Å². The van der Waals surface area contributed by atoms with Crippen molar-refractivity contribution in [3.63, 3.8) is 0 Å². The van der Waals surface area contributed by atoms with E-state index in [4.69, 9.17) is 4.42 Å². The average molecular weight is 260 g/mol. The Bertz CT molecular complexity index is 256. The standard InChI is InChI=1S/C11H18BrNO/c1-11(2,8-12)9-13(3)6-10-4-5-14-7-10/h4-5,7H,6,8-9H2,1-3H3. The van der Waals surface area contributed by atoms with E-state index < -0.39 is 0 Å². The Hall–Kier alpha value is -0.280. The highest BCUT2D eigenvalue weighted by Crippen LogP contribution is 2.20. The maximum absolute atomic E-state index is 5.04. The van der Waals surface area contributed by atoms with E-state index in [-0.39, 0.29) is 0 Å². The molecule has 0 atom stereocenters. The van der Waals surface area contributed by atoms with Crippen LogP contribution in [0.2, 0.25) is 0 Å². The van der Waals surface area contributed by atoms with Crippen molar-refractivity contribution in [3.8, 4) is 0 Å². The van der Waals surface area contributed by atoms with Crippen LogP contribution in [-0.4, -0.2) is 23.8 Å². The van der Waals surface area contributed by atoms with Gasteiger partial charge in [-0.05, 0) is 18.5 Å². The van der Waals surface area contributed by atoms with Gasteiger partial charge in [-0.1, -0.05) is 29.8 Å². The molecule has 80 valence electrons. The highest BCUT2D eigenvalue weighted by molar-refractivity contribution is 9.09. The molecule has 1 heterocycles. The third-order valence-electron chi connectivity index (χ3n) is 2.09. The van der Waals surface area contributed by atoms with Crippen LogP contribution in [0.25, 0.3) is 0 Å². The molecule has 0 aromatic carbocycles. The zero-order valence-electron chi connectivity index (χ0n) is 9.09. The van der Waals surface area contributed by atoms with Crippen LogP contribution < -0.4 is 0 Å². The lowest BCUT2D eigenvalue weighted by molar-refractivity contribution is 0.225. The quantitative estimate of drug-likeness (QED) is 0.756. The molecule has 0 aliphatic carbocycles. The van der Waals surface area contributed by atoms with Crippen molar-refractivity contribution >= 4 is 15.9 Å². The first-order valence-electron chi connectivity index (χ1n) is 4.79. The van der Waals surface area contributed by atoms with Crippen molar-refractivity contribution in [1.82, 2.24) is 4.90 Å². The Kier molecular flexibility index (Phi) is 4.20. The fourth-order valence-electron chi connectivity index (χ4n) is 1.52. The minimum absolute atomic E-state index is 0.318. The molecule has 0 radical (unpaired) electrons. The van der Waals surface area contributed by atoms with Crippen LogP contribution in [0.15, 0.2) is 23.0 Å². The fourth-order valence-corrected chi connectivity index (χ4v) is 1.70. The maximum atomic E-state index is 5.04. The van der Waals surface area contributed by atoms with Gasteiger partial charge in [-0.3, -0.25) is 0 Å². The summed E-state index contributed by atoms with van der Waals surface area (Å²) in [5.74, 6) is 0. The number of hydrogen-bond acceptors (Lipinski definition) is 2. The predicted octanol–water partition coefficient (Wildman–Crippen LogP) is 3.13. The molecule has 1 rings (SSSR count). The second-order valence-corrected chi connectivity index (χ2v) is 5.16. The van der Waals surface area contributed by atoms with Gasteiger partial charge in [0.15, 0.2) is 0 Å². The first kappa shape index (κ1) is 11.8. The second-order valence-electron chi connectivity index (χ2n) is 4.60. The topological polar surface area (TPSA) is 16.4 Å². The highest BCUT2D eigenvalue weighted by Gasteiger charge is 2.18. The summed E-state index contributed by atoms with van der Waals surface area (Å²) in [5, 5.41) is 1.02. The summed E-state index contributed by atoms with van der Waals surface area (Å²) >= 11 is 3.53. The molecular weight excluding hydrogens is 242 g/mol. The molecule has 14 heavy (non-hydrogen) atoms. The van der Waals surface area contributed by atoms with Gasteiger partial charge in [0.2, 0.25) is 0 Å². The van der Waals surface area contributed by atoms with Gasteiger partial charge in [0.1, 0.15) is 0 Å². The molecule has 0 amide bonds. The third-order valence-corrected chi connectivity index (χ3v) is 3.61. The van der Waals surface area contributed by atoms with Crippen molar-refractivity contribution in [2.45, 2.75) is 20.4 Å². The van der Waals surface area contributed by atoms with Gasteiger partial charge in [-0.2, -0.15) is 0 Å². The van der Waals surface area contributed by atoms with Gasteiger partial charge in [-0.25, -0.2) is 0 Å². The Morgan fingerprint density at radius 1 is 1.50 bits per heavy atom. The summed E-state index contributed by atoms with van der Waals surface area (Å²) in [6.07, 6.45) is 3.52. The SMILES string of the molecule is CN(Cc1ccoc1)CC(C)(C)CBr. The lowest BCUT2D eigenvalue weighted by atomic mass is 9.96. The first-order valence-corrected chi connectivity index (χ1v) is 5.91. The lowest BCUT2D eigenvalue weighted by Crippen LogP contribution is -2.31. The largest absolute Gasteiger partial charge is 0.472 e. The number of rotatable bonds is 5. The molecule has 2 nitrogen and oxygen atoms in total. The Labute approximate surface area is 94.4 Å². The highest BCUT2D eigenvalue weighted by atomic mass is 79.9. The van der Waals surface area contributed by atoms with Crippen molar-refractivity contribution in [1.29, 1.82) is 0 Å². The summed E-state index contributed by atoms with van der Waals surface area (Å²) in [6.45, 7) is 6.54. The van der Waals surface area contributed by atoms with E-state index in [9.17, 15) is 0 Å². The van der Waals surface area contributed by atoms with Gasteiger partial charge in [0.25, 0.3) is 0 Å². The van der Waals surface area contributed by atoms with Crippen molar-refractivity contribution in [2.24, 2.45) is 5.41 Å². The van der Waals surface area contributed by atoms with Gasteiger partial charge in [0, 0.05) is 24.0 Å². The van der Waals surface area contributed by atoms with E-state index >= 15 is 0 Å². The molecule has 3 heteroatoms. The smallest absolute Gasteiger partial charge is 0.0947 e. The molecular formula is C11H18BrNO. The Balaban J connectivity index is 2.40. The second kappa shape index (κ2) is 4.99. The van der Waals surface area contributed by atoms with Gasteiger partial charge >= 0.3 is 0 Å². The Morgan fingerprint density at radius 3 is 2.71 bits per heavy atom. The van der Waals surface area contributed by atoms with Crippen LogP contribution >= 0.6 is 15.9 Å². The molecule has 0 unspecified atom stereocenters. The first-order chi connectivity index (χ1) is 6.53. The summed E-state index contributed by atoms with van der Waals surface area (Å²) in [6, 6.07) is 2.01. The van der Waals surface area contributed by atoms with Crippen molar-refractivity contribution in [3.05, 3.63) is 24.2 Å². The van der Waals surface area contributed by atoms with Gasteiger partial charge < -0.3 is 9.32 Å². The van der Waals surface area contributed by atoms with Crippen LogP contribution in [0, 0.1) is 5.41 Å². The van der Waals surface area contributed by atoms with Crippen LogP contribution in [0.3, 0.4) is 0 Å². The zero-order chi connectivity index (χ0) is 10.6. The number of furan rings is 1. The fraction of sp³-hybridized carbons (Fsp3) is 0.636. The zero-order valence-corrected chi connectivity index (χ0v) is 10.7. The summed E-state index contributed by atoms with van der Waals surface area (Å²) in [5.41, 5.74) is 1.55. The monoisotopic (exact) mass is 259 g/mol. The van der Waals surface area contributed by atoms with Crippen LogP contribution in [0.1, 0.15) is 19.4 Å². The molecule has 0 saturated carbocycles. The molecule has 0 saturated heterocycles. The summed E-state index contributed by atoms with van der Waals surface area (Å²) in [4.78, 5) is 2.31. The van der Waals surface area contributed by atoms with E-state index in [0.717, 1.165) is 18.4 Å². The molecule has 0 bridgehead atoms. The minimum atomic E-state index is 0.318. The normalized spacial score (nSPS) is 12.4. The van der Waals surface area contributed by atoms with Crippen LogP contribution in [-0.2, 0) is 6.54 Å².